The van der Waals surface area contributed by atoms with Gasteiger partial charge in [0.25, 0.3) is 5.91 Å². The predicted octanol–water partition coefficient (Wildman–Crippen LogP) is 3.96. The van der Waals surface area contributed by atoms with E-state index in [1.54, 1.807) is 36.4 Å². The number of nitrogens with one attached hydrogen (secondary N) is 2. The molecule has 0 bridgehead atoms. The number of carboxylic acids is 1. The van der Waals surface area contributed by atoms with Gasteiger partial charge in [-0.1, -0.05) is 29.8 Å². The van der Waals surface area contributed by atoms with Crippen molar-refractivity contribution >= 4 is 40.2 Å². The zero-order valence-electron chi connectivity index (χ0n) is 21.1. The van der Waals surface area contributed by atoms with E-state index in [9.17, 15) is 18.9 Å². The number of aliphatic carboxylic acids is 1. The van der Waals surface area contributed by atoms with Crippen LogP contribution in [0.2, 0.25) is 5.02 Å². The second-order valence-electron chi connectivity index (χ2n) is 8.42. The van der Waals surface area contributed by atoms with Gasteiger partial charge in [0.05, 0.1) is 23.7 Å². The highest BCUT2D eigenvalue weighted by atomic mass is 35.5. The van der Waals surface area contributed by atoms with E-state index in [2.05, 4.69) is 10.0 Å². The largest absolute Gasteiger partial charge is 0.490 e. The van der Waals surface area contributed by atoms with Crippen LogP contribution in [0.5, 0.6) is 5.75 Å². The van der Waals surface area contributed by atoms with Crippen molar-refractivity contribution in [2.45, 2.75) is 24.8 Å². The van der Waals surface area contributed by atoms with Gasteiger partial charge in [-0.15, -0.1) is 0 Å². The van der Waals surface area contributed by atoms with Crippen LogP contribution < -0.4 is 14.8 Å². The molecule has 3 aromatic carbocycles. The Kier molecular flexibility index (Phi) is 10.3. The molecule has 0 fully saturated rings. The lowest BCUT2D eigenvalue weighted by molar-refractivity contribution is -0.140. The highest BCUT2D eigenvalue weighted by molar-refractivity contribution is 7.86. The fraction of sp³-hybridized carbons (Fsp3) is 0.259. The summed E-state index contributed by atoms with van der Waals surface area (Å²) in [6.07, 6.45) is 0. The molecule has 0 saturated heterocycles. The van der Waals surface area contributed by atoms with E-state index in [0.717, 1.165) is 16.7 Å². The first kappa shape index (κ1) is 29.1. The number of carbonyl (C=O) groups excluding carboxylic acids is 1. The lowest BCUT2D eigenvalue weighted by Crippen LogP contribution is -2.43. The number of carbonyl (C=O) groups is 2. The number of hydrogen-bond donors (Lipinski definition) is 4. The number of halogens is 1. The molecule has 0 saturated carbocycles. The number of hydrogen-bond acceptors (Lipinski definition) is 6. The number of carboxylic acid groups (broad SMARTS) is 1. The molecule has 9 nitrogen and oxygen atoms in total. The van der Waals surface area contributed by atoms with E-state index in [1.165, 1.54) is 13.2 Å². The van der Waals surface area contributed by atoms with E-state index < -0.39 is 35.5 Å². The molecule has 11 heteroatoms. The molecule has 0 aromatic heterocycles. The van der Waals surface area contributed by atoms with Crippen LogP contribution in [0.4, 0.5) is 5.69 Å². The van der Waals surface area contributed by atoms with Gasteiger partial charge in [-0.25, -0.2) is 9.00 Å². The minimum absolute atomic E-state index is 0.105. The minimum atomic E-state index is -1.53. The lowest BCUT2D eigenvalue weighted by Gasteiger charge is -2.16. The quantitative estimate of drug-likeness (QED) is 0.246. The normalized spacial score (nSPS) is 12.4. The molecule has 0 spiro atoms. The van der Waals surface area contributed by atoms with Gasteiger partial charge in [-0.3, -0.25) is 4.79 Å². The van der Waals surface area contributed by atoms with Crippen molar-refractivity contribution < 1.29 is 33.5 Å². The van der Waals surface area contributed by atoms with Crippen molar-refractivity contribution in [3.63, 3.8) is 0 Å². The molecule has 2 atom stereocenters. The topological polar surface area (TPSA) is 134 Å². The van der Waals surface area contributed by atoms with E-state index in [0.29, 0.717) is 21.2 Å². The Hall–Kier alpha value is -3.44. The molecule has 0 aliphatic heterocycles. The second kappa shape index (κ2) is 13.4. The van der Waals surface area contributed by atoms with Crippen LogP contribution in [-0.2, 0) is 20.5 Å². The Morgan fingerprint density at radius 1 is 1.03 bits per heavy atom. The van der Waals surface area contributed by atoms with Crippen LogP contribution in [0.1, 0.15) is 21.5 Å². The summed E-state index contributed by atoms with van der Waals surface area (Å²) >= 11 is 6.17. The number of aliphatic hydroxyl groups excluding tert-OH is 1. The molecule has 0 heterocycles. The lowest BCUT2D eigenvalue weighted by atomic mass is 10.0. The maximum atomic E-state index is 13.0. The summed E-state index contributed by atoms with van der Waals surface area (Å²) in [6, 6.07) is 14.2. The first-order valence-corrected chi connectivity index (χ1v) is 13.1. The number of aryl methyl sites for hydroxylation is 2. The van der Waals surface area contributed by atoms with Gasteiger partial charge in [-0.2, -0.15) is 0 Å². The monoisotopic (exact) mass is 560 g/mol. The fourth-order valence-electron chi connectivity index (χ4n) is 3.54. The first-order chi connectivity index (χ1) is 18.1. The van der Waals surface area contributed by atoms with Gasteiger partial charge in [0.15, 0.2) is 17.0 Å². The Morgan fingerprint density at radius 3 is 2.45 bits per heavy atom. The Labute approximate surface area is 228 Å². The molecule has 4 N–H and O–H groups in total. The highest BCUT2D eigenvalue weighted by Crippen LogP contribution is 2.30. The summed E-state index contributed by atoms with van der Waals surface area (Å²) < 4.78 is 26.8. The SMILES string of the molecule is COCCOc1cc(-c2cccc(NS(=O)c3cc(C)c(Cl)cc3C)c2)ccc1C(=O)NC(CO)C(=O)O. The predicted molar refractivity (Wildman–Crippen MR) is 146 cm³/mol. The summed E-state index contributed by atoms with van der Waals surface area (Å²) in [5, 5.41) is 21.3. The van der Waals surface area contributed by atoms with E-state index in [1.807, 2.05) is 26.0 Å². The Bertz CT molecular complexity index is 1350. The molecule has 0 radical (unpaired) electrons. The van der Waals surface area contributed by atoms with Gasteiger partial charge < -0.3 is 29.7 Å². The first-order valence-electron chi connectivity index (χ1n) is 11.6. The van der Waals surface area contributed by atoms with Gasteiger partial charge >= 0.3 is 5.97 Å². The molecule has 2 unspecified atom stereocenters. The zero-order chi connectivity index (χ0) is 27.8. The Morgan fingerprint density at radius 2 is 1.76 bits per heavy atom. The third kappa shape index (κ3) is 7.32. The third-order valence-corrected chi connectivity index (χ3v) is 7.29. The van der Waals surface area contributed by atoms with Crippen molar-refractivity contribution in [2.75, 3.05) is 31.7 Å². The van der Waals surface area contributed by atoms with Gasteiger partial charge in [0.1, 0.15) is 12.4 Å². The summed E-state index contributed by atoms with van der Waals surface area (Å²) in [4.78, 5) is 24.6. The average Bonchev–Trinajstić information content (AvgIpc) is 2.89. The molecule has 0 aliphatic carbocycles. The number of benzene rings is 3. The number of amides is 1. The van der Waals surface area contributed by atoms with E-state index >= 15 is 0 Å². The molecule has 1 amide bonds. The van der Waals surface area contributed by atoms with Crippen LogP contribution >= 0.6 is 11.6 Å². The van der Waals surface area contributed by atoms with E-state index in [4.69, 9.17) is 26.2 Å². The Balaban J connectivity index is 1.89. The number of rotatable bonds is 12. The van der Waals surface area contributed by atoms with Gasteiger partial charge in [-0.05, 0) is 72.5 Å². The molecule has 3 rings (SSSR count). The molecular formula is C27H29ClN2O7S. The minimum Gasteiger partial charge on any atom is -0.490 e. The number of anilines is 1. The zero-order valence-corrected chi connectivity index (χ0v) is 22.7. The van der Waals surface area contributed by atoms with Crippen molar-refractivity contribution in [2.24, 2.45) is 0 Å². The fourth-order valence-corrected chi connectivity index (χ4v) is 4.85. The number of ether oxygens (including phenoxy) is 2. The van der Waals surface area contributed by atoms with Crippen LogP contribution in [-0.4, -0.2) is 59.3 Å². The summed E-state index contributed by atoms with van der Waals surface area (Å²) in [5.74, 6) is -1.84. The number of aliphatic hydroxyl groups is 1. The van der Waals surface area contributed by atoms with Crippen molar-refractivity contribution in [1.29, 1.82) is 0 Å². The van der Waals surface area contributed by atoms with Crippen LogP contribution in [0.3, 0.4) is 0 Å². The van der Waals surface area contributed by atoms with Crippen LogP contribution in [0.15, 0.2) is 59.5 Å². The maximum Gasteiger partial charge on any atom is 0.328 e. The van der Waals surface area contributed by atoms with Gasteiger partial charge in [0, 0.05) is 17.8 Å². The van der Waals surface area contributed by atoms with Gasteiger partial charge in [0.2, 0.25) is 0 Å². The smallest absolute Gasteiger partial charge is 0.328 e. The van der Waals surface area contributed by atoms with Crippen LogP contribution in [0, 0.1) is 13.8 Å². The summed E-state index contributed by atoms with van der Waals surface area (Å²) in [5.41, 5.74) is 3.82. The average molecular weight is 561 g/mol. The molecular weight excluding hydrogens is 532 g/mol. The number of methoxy groups -OCH3 is 1. The summed E-state index contributed by atoms with van der Waals surface area (Å²) in [6.45, 7) is 3.37. The highest BCUT2D eigenvalue weighted by Gasteiger charge is 2.22. The van der Waals surface area contributed by atoms with Crippen molar-refractivity contribution in [1.82, 2.24) is 5.32 Å². The summed E-state index contributed by atoms with van der Waals surface area (Å²) in [7, 11) is -0.0129. The van der Waals surface area contributed by atoms with E-state index in [-0.39, 0.29) is 24.5 Å². The standard InChI is InChI=1S/C27H29ClN2O7S/c1-16-12-25(17(2)11-22(16)28)38(35)30-20-6-4-5-18(13-20)19-7-8-21(24(14-19)37-10-9-36-3)26(32)29-23(15-31)27(33)34/h4-8,11-14,23,30-31H,9-10,15H2,1-3H3,(H,29,32)(H,33,34). The molecule has 202 valence electrons. The second-order valence-corrected chi connectivity index (χ2v) is 10.0. The van der Waals surface area contributed by atoms with Crippen molar-refractivity contribution in [3.05, 3.63) is 76.3 Å². The molecule has 0 aliphatic rings. The molecule has 38 heavy (non-hydrogen) atoms. The maximum absolute atomic E-state index is 13.0. The third-order valence-electron chi connectivity index (χ3n) is 5.62. The molecule has 3 aromatic rings. The van der Waals surface area contributed by atoms with Crippen molar-refractivity contribution in [3.8, 4) is 16.9 Å². The van der Waals surface area contributed by atoms with Crippen LogP contribution in [0.25, 0.3) is 11.1 Å².